The van der Waals surface area contributed by atoms with Crippen LogP contribution < -0.4 is 14.4 Å². The molecule has 1 aromatic heterocycles. The summed E-state index contributed by atoms with van der Waals surface area (Å²) in [6.07, 6.45) is -0.619. The van der Waals surface area contributed by atoms with Crippen molar-refractivity contribution in [2.45, 2.75) is 6.10 Å². The van der Waals surface area contributed by atoms with E-state index in [1.54, 1.807) is 6.07 Å². The van der Waals surface area contributed by atoms with Gasteiger partial charge in [0.05, 0.1) is 10.2 Å². The summed E-state index contributed by atoms with van der Waals surface area (Å²) in [7, 11) is 0. The van der Waals surface area contributed by atoms with Gasteiger partial charge in [-0.1, -0.05) is 23.5 Å². The number of amides is 1. The number of nitrogens with zero attached hydrogens (tertiary/aromatic N) is 3. The van der Waals surface area contributed by atoms with E-state index in [2.05, 4.69) is 9.88 Å². The van der Waals surface area contributed by atoms with Crippen molar-refractivity contribution in [1.82, 2.24) is 9.88 Å². The lowest BCUT2D eigenvalue weighted by molar-refractivity contribution is -0.141. The molecule has 8 heteroatoms. The Balaban J connectivity index is 1.23. The molecule has 1 saturated heterocycles. The third-order valence-corrected chi connectivity index (χ3v) is 6.06. The van der Waals surface area contributed by atoms with Gasteiger partial charge < -0.3 is 19.3 Å². The zero-order chi connectivity index (χ0) is 19.1. The second kappa shape index (κ2) is 6.94. The third kappa shape index (κ3) is 3.13. The summed E-state index contributed by atoms with van der Waals surface area (Å²) in [4.78, 5) is 21.4. The van der Waals surface area contributed by atoms with E-state index in [-0.39, 0.29) is 18.3 Å². The van der Waals surface area contributed by atoms with Crippen LogP contribution in [0.5, 0.6) is 11.5 Å². The van der Waals surface area contributed by atoms with Gasteiger partial charge >= 0.3 is 0 Å². The molecule has 2 aromatic carbocycles. The Bertz CT molecular complexity index is 1030. The third-order valence-electron chi connectivity index (χ3n) is 4.99. The van der Waals surface area contributed by atoms with Crippen LogP contribution in [0.1, 0.15) is 0 Å². The van der Waals surface area contributed by atoms with Crippen molar-refractivity contribution in [3.05, 3.63) is 48.3 Å². The average Bonchev–Trinajstić information content (AvgIpc) is 3.16. The first-order valence-electron chi connectivity index (χ1n) is 9.16. The molecule has 1 amide bonds. The van der Waals surface area contributed by atoms with Crippen LogP contribution in [-0.2, 0) is 4.79 Å². The normalized spacial score (nSPS) is 19.1. The lowest BCUT2D eigenvalue weighted by Crippen LogP contribution is -2.54. The summed E-state index contributed by atoms with van der Waals surface area (Å²) < 4.78 is 25.7. The Morgan fingerprint density at radius 1 is 1.11 bits per heavy atom. The fourth-order valence-electron chi connectivity index (χ4n) is 3.48. The molecule has 5 rings (SSSR count). The lowest BCUT2D eigenvalue weighted by atomic mass is 10.2. The number of aromatic nitrogens is 1. The van der Waals surface area contributed by atoms with E-state index in [0.29, 0.717) is 37.7 Å². The highest BCUT2D eigenvalue weighted by Gasteiger charge is 2.33. The molecule has 0 aliphatic carbocycles. The zero-order valence-electron chi connectivity index (χ0n) is 15.0. The number of halogens is 1. The molecule has 6 nitrogen and oxygen atoms in total. The number of ether oxygens (including phenoxy) is 2. The molecule has 2 aliphatic rings. The number of piperazine rings is 1. The van der Waals surface area contributed by atoms with Crippen molar-refractivity contribution >= 4 is 32.6 Å². The smallest absolute Gasteiger partial charge is 0.267 e. The monoisotopic (exact) mass is 399 g/mol. The number of hydrogen-bond acceptors (Lipinski definition) is 6. The van der Waals surface area contributed by atoms with Gasteiger partial charge in [-0.05, 0) is 30.3 Å². The topological polar surface area (TPSA) is 54.9 Å². The molecule has 0 radical (unpaired) electrons. The van der Waals surface area contributed by atoms with Gasteiger partial charge in [0, 0.05) is 26.2 Å². The molecular weight excluding hydrogens is 381 g/mol. The number of carbonyl (C=O) groups is 1. The Morgan fingerprint density at radius 2 is 1.89 bits per heavy atom. The van der Waals surface area contributed by atoms with Crippen molar-refractivity contribution in [2.24, 2.45) is 0 Å². The molecule has 0 unspecified atom stereocenters. The minimum absolute atomic E-state index is 0.0551. The largest absolute Gasteiger partial charge is 0.485 e. The zero-order valence-corrected chi connectivity index (χ0v) is 15.8. The number of carbonyl (C=O) groups excluding carboxylic acids is 1. The first-order valence-corrected chi connectivity index (χ1v) is 9.97. The van der Waals surface area contributed by atoms with E-state index in [1.165, 1.54) is 23.5 Å². The van der Waals surface area contributed by atoms with E-state index < -0.39 is 6.10 Å². The SMILES string of the molecule is O=C([C@@H]1COc2ccccc2O1)N1CCN(c2nc3ccc(F)cc3s2)CC1. The van der Waals surface area contributed by atoms with Gasteiger partial charge in [-0.3, -0.25) is 4.79 Å². The van der Waals surface area contributed by atoms with Crippen molar-refractivity contribution in [1.29, 1.82) is 0 Å². The summed E-state index contributed by atoms with van der Waals surface area (Å²) in [6.45, 7) is 2.76. The van der Waals surface area contributed by atoms with Crippen molar-refractivity contribution in [3.8, 4) is 11.5 Å². The molecule has 144 valence electrons. The van der Waals surface area contributed by atoms with E-state index in [9.17, 15) is 9.18 Å². The highest BCUT2D eigenvalue weighted by molar-refractivity contribution is 7.22. The van der Waals surface area contributed by atoms with Gasteiger partial charge in [0.1, 0.15) is 12.4 Å². The van der Waals surface area contributed by atoms with Gasteiger partial charge in [0.25, 0.3) is 5.91 Å². The van der Waals surface area contributed by atoms with E-state index in [4.69, 9.17) is 9.47 Å². The number of hydrogen-bond donors (Lipinski definition) is 0. The Labute approximate surface area is 165 Å². The molecule has 3 aromatic rings. The molecule has 0 spiro atoms. The molecule has 0 saturated carbocycles. The molecule has 1 fully saturated rings. The number of benzene rings is 2. The maximum atomic E-state index is 13.4. The molecule has 1 atom stereocenters. The fraction of sp³-hybridized carbons (Fsp3) is 0.300. The second-order valence-electron chi connectivity index (χ2n) is 6.79. The van der Waals surface area contributed by atoms with Crippen LogP contribution in [-0.4, -0.2) is 54.7 Å². The molecule has 28 heavy (non-hydrogen) atoms. The number of para-hydroxylation sites is 2. The van der Waals surface area contributed by atoms with Crippen LogP contribution >= 0.6 is 11.3 Å². The van der Waals surface area contributed by atoms with Crippen LogP contribution in [0.2, 0.25) is 0 Å². The summed E-state index contributed by atoms with van der Waals surface area (Å²) in [5.74, 6) is 0.964. The predicted octanol–water partition coefficient (Wildman–Crippen LogP) is 2.92. The van der Waals surface area contributed by atoms with Crippen LogP contribution in [0, 0.1) is 5.82 Å². The fourth-order valence-corrected chi connectivity index (χ4v) is 4.53. The van der Waals surface area contributed by atoms with Crippen molar-refractivity contribution in [2.75, 3.05) is 37.7 Å². The Kier molecular flexibility index (Phi) is 4.27. The van der Waals surface area contributed by atoms with E-state index in [0.717, 1.165) is 15.3 Å². The van der Waals surface area contributed by atoms with Gasteiger partial charge in [0.15, 0.2) is 16.6 Å². The molecule has 0 bridgehead atoms. The quantitative estimate of drug-likeness (QED) is 0.663. The first-order chi connectivity index (χ1) is 13.7. The highest BCUT2D eigenvalue weighted by atomic mass is 32.1. The second-order valence-corrected chi connectivity index (χ2v) is 7.79. The molecular formula is C20H18FN3O3S. The van der Waals surface area contributed by atoms with Crippen LogP contribution in [0.15, 0.2) is 42.5 Å². The molecule has 2 aliphatic heterocycles. The minimum Gasteiger partial charge on any atom is -0.485 e. The minimum atomic E-state index is -0.619. The first kappa shape index (κ1) is 17.2. The standard InChI is InChI=1S/C20H18FN3O3S/c21-13-5-6-14-18(11-13)28-20(22-14)24-9-7-23(8-10-24)19(25)17-12-26-15-3-1-2-4-16(15)27-17/h1-6,11,17H,7-10,12H2/t17-/m0/s1. The maximum Gasteiger partial charge on any atom is 0.267 e. The van der Waals surface area contributed by atoms with Crippen LogP contribution in [0.4, 0.5) is 9.52 Å². The summed E-state index contributed by atoms with van der Waals surface area (Å²) in [5.41, 5.74) is 0.798. The Hall–Kier alpha value is -2.87. The summed E-state index contributed by atoms with van der Waals surface area (Å²) >= 11 is 1.47. The number of anilines is 1. The van der Waals surface area contributed by atoms with Crippen molar-refractivity contribution < 1.29 is 18.7 Å². The average molecular weight is 399 g/mol. The van der Waals surface area contributed by atoms with Gasteiger partial charge in [-0.25, -0.2) is 9.37 Å². The lowest BCUT2D eigenvalue weighted by Gasteiger charge is -2.37. The number of fused-ring (bicyclic) bond motifs is 2. The predicted molar refractivity (Wildman–Crippen MR) is 105 cm³/mol. The Morgan fingerprint density at radius 3 is 2.71 bits per heavy atom. The van der Waals surface area contributed by atoms with Gasteiger partial charge in [0.2, 0.25) is 6.10 Å². The summed E-state index contributed by atoms with van der Waals surface area (Å²) in [5, 5.41) is 0.860. The van der Waals surface area contributed by atoms with Crippen LogP contribution in [0.25, 0.3) is 10.2 Å². The van der Waals surface area contributed by atoms with Crippen LogP contribution in [0.3, 0.4) is 0 Å². The highest BCUT2D eigenvalue weighted by Crippen LogP contribution is 2.32. The van der Waals surface area contributed by atoms with E-state index >= 15 is 0 Å². The van der Waals surface area contributed by atoms with E-state index in [1.807, 2.05) is 29.2 Å². The molecule has 3 heterocycles. The van der Waals surface area contributed by atoms with Gasteiger partial charge in [-0.2, -0.15) is 0 Å². The van der Waals surface area contributed by atoms with Gasteiger partial charge in [-0.15, -0.1) is 0 Å². The summed E-state index contributed by atoms with van der Waals surface area (Å²) in [6, 6.07) is 12.0. The molecule has 0 N–H and O–H groups in total. The number of thiazole rings is 1. The number of rotatable bonds is 2. The van der Waals surface area contributed by atoms with Crippen molar-refractivity contribution in [3.63, 3.8) is 0 Å². The maximum absolute atomic E-state index is 13.4.